The Labute approximate surface area is 241 Å². The number of aryl methyl sites for hydroxylation is 1. The number of para-hydroxylation sites is 2. The number of aliphatic hydroxyl groups excluding tert-OH is 1. The van der Waals surface area contributed by atoms with Gasteiger partial charge in [-0.15, -0.1) is 0 Å². The lowest BCUT2D eigenvalue weighted by Gasteiger charge is -2.27. The average molecular weight is 558 g/mol. The number of hydrogen-bond donors (Lipinski definition) is 5. The first kappa shape index (κ1) is 29.8. The number of amides is 4. The summed E-state index contributed by atoms with van der Waals surface area (Å²) >= 11 is 0. The van der Waals surface area contributed by atoms with Gasteiger partial charge in [0.2, 0.25) is 11.8 Å². The van der Waals surface area contributed by atoms with Crippen molar-refractivity contribution in [3.63, 3.8) is 0 Å². The molecule has 2 atom stereocenters. The van der Waals surface area contributed by atoms with Crippen LogP contribution in [-0.2, 0) is 22.6 Å². The average Bonchev–Trinajstić information content (AvgIpc) is 3.04. The van der Waals surface area contributed by atoms with Crippen LogP contribution in [0.2, 0.25) is 0 Å². The van der Waals surface area contributed by atoms with E-state index in [1.54, 1.807) is 25.7 Å². The summed E-state index contributed by atoms with van der Waals surface area (Å²) in [6.07, 6.45) is 0.666. The second-order valence-electron chi connectivity index (χ2n) is 11.3. The molecular weight excluding hydrogens is 518 g/mol. The van der Waals surface area contributed by atoms with E-state index in [9.17, 15) is 19.5 Å². The number of nitrogens with one attached hydrogen (secondary N) is 3. The van der Waals surface area contributed by atoms with Gasteiger partial charge in [0.25, 0.3) is 0 Å². The summed E-state index contributed by atoms with van der Waals surface area (Å²) in [6.45, 7) is 5.66. The molecule has 0 aromatic heterocycles. The lowest BCUT2D eigenvalue weighted by atomic mass is 10.0. The first-order chi connectivity index (χ1) is 19.5. The Morgan fingerprint density at radius 3 is 2.44 bits per heavy atom. The Morgan fingerprint density at radius 2 is 1.73 bits per heavy atom. The van der Waals surface area contributed by atoms with E-state index in [4.69, 9.17) is 5.73 Å². The van der Waals surface area contributed by atoms with Crippen LogP contribution < -0.4 is 26.6 Å². The van der Waals surface area contributed by atoms with Gasteiger partial charge in [0, 0.05) is 29.8 Å². The Bertz CT molecular complexity index is 1380. The first-order valence-corrected chi connectivity index (χ1v) is 13.9. The molecule has 0 spiro atoms. The molecule has 1 aliphatic rings. The third-order valence-corrected chi connectivity index (χ3v) is 6.84. The zero-order valence-corrected chi connectivity index (χ0v) is 23.8. The van der Waals surface area contributed by atoms with Crippen molar-refractivity contribution in [2.24, 2.45) is 5.73 Å². The molecule has 9 heteroatoms. The normalized spacial score (nSPS) is 15.9. The quantitative estimate of drug-likeness (QED) is 0.271. The number of aliphatic hydroxyl groups is 1. The van der Waals surface area contributed by atoms with Crippen molar-refractivity contribution in [3.8, 4) is 11.1 Å². The predicted molar refractivity (Wildman–Crippen MR) is 161 cm³/mol. The SMILES string of the molecule is C[C@H](O)CNC(=O)Nc1ccccc1-c1ccc(CN2C(=O)[C@H](NC(=O)CC(C)(C)N)CCc3ccccc32)cc1. The number of nitrogens with zero attached hydrogens (tertiary/aromatic N) is 1. The molecule has 0 bridgehead atoms. The van der Waals surface area contributed by atoms with E-state index in [1.807, 2.05) is 72.8 Å². The molecule has 9 nitrogen and oxygen atoms in total. The summed E-state index contributed by atoms with van der Waals surface area (Å²) in [5.41, 5.74) is 10.6. The predicted octanol–water partition coefficient (Wildman–Crippen LogP) is 3.95. The Balaban J connectivity index is 1.53. The lowest BCUT2D eigenvalue weighted by Crippen LogP contribution is -2.49. The minimum atomic E-state index is -0.668. The number of fused-ring (bicyclic) bond motifs is 1. The molecule has 3 aromatic rings. The molecule has 4 amide bonds. The molecule has 41 heavy (non-hydrogen) atoms. The van der Waals surface area contributed by atoms with Gasteiger partial charge >= 0.3 is 6.03 Å². The highest BCUT2D eigenvalue weighted by Crippen LogP contribution is 2.31. The molecule has 0 radical (unpaired) electrons. The standard InChI is InChI=1S/C32H39N5O4/c1-21(38)19-34-31(41)36-26-10-6-5-9-25(26)23-14-12-22(13-15-23)20-37-28-11-7-4-8-24(28)16-17-27(30(37)40)35-29(39)18-32(2,3)33/h4-15,21,27,38H,16-20,33H2,1-3H3,(H,35,39)(H2,34,36,41)/t21-,27+/m0/s1. The highest BCUT2D eigenvalue weighted by atomic mass is 16.3. The van der Waals surface area contributed by atoms with Gasteiger partial charge < -0.3 is 31.7 Å². The van der Waals surface area contributed by atoms with Gasteiger partial charge in [0.1, 0.15) is 6.04 Å². The molecule has 0 saturated heterocycles. The molecule has 216 valence electrons. The first-order valence-electron chi connectivity index (χ1n) is 13.9. The minimum Gasteiger partial charge on any atom is -0.392 e. The third-order valence-electron chi connectivity index (χ3n) is 6.84. The van der Waals surface area contributed by atoms with Crippen LogP contribution in [0.1, 0.15) is 44.7 Å². The maximum atomic E-state index is 13.8. The number of benzene rings is 3. The van der Waals surface area contributed by atoms with E-state index in [-0.39, 0.29) is 24.8 Å². The Morgan fingerprint density at radius 1 is 1.05 bits per heavy atom. The van der Waals surface area contributed by atoms with E-state index in [0.29, 0.717) is 25.1 Å². The van der Waals surface area contributed by atoms with Crippen LogP contribution in [-0.4, -0.2) is 47.2 Å². The number of rotatable bonds is 9. The largest absolute Gasteiger partial charge is 0.392 e. The number of carbonyl (C=O) groups is 3. The number of urea groups is 1. The van der Waals surface area contributed by atoms with Crippen molar-refractivity contribution >= 4 is 29.2 Å². The molecule has 0 fully saturated rings. The highest BCUT2D eigenvalue weighted by molar-refractivity contribution is 6.00. The topological polar surface area (TPSA) is 137 Å². The van der Waals surface area contributed by atoms with Gasteiger partial charge in [-0.1, -0.05) is 60.7 Å². The van der Waals surface area contributed by atoms with Gasteiger partial charge in [-0.2, -0.15) is 0 Å². The van der Waals surface area contributed by atoms with E-state index in [0.717, 1.165) is 27.9 Å². The zero-order chi connectivity index (χ0) is 29.6. The summed E-state index contributed by atoms with van der Waals surface area (Å²) < 4.78 is 0. The molecule has 3 aromatic carbocycles. The third kappa shape index (κ3) is 8.15. The van der Waals surface area contributed by atoms with Gasteiger partial charge in [0.15, 0.2) is 0 Å². The molecule has 0 saturated carbocycles. The molecule has 1 heterocycles. The number of carbonyl (C=O) groups excluding carboxylic acids is 3. The van der Waals surface area contributed by atoms with Crippen LogP contribution >= 0.6 is 0 Å². The zero-order valence-electron chi connectivity index (χ0n) is 23.8. The summed E-state index contributed by atoms with van der Waals surface area (Å²) in [5.74, 6) is -0.391. The molecule has 1 aliphatic heterocycles. The fourth-order valence-electron chi connectivity index (χ4n) is 4.89. The molecule has 0 unspecified atom stereocenters. The van der Waals surface area contributed by atoms with Crippen LogP contribution in [0.15, 0.2) is 72.8 Å². The van der Waals surface area contributed by atoms with E-state index in [2.05, 4.69) is 16.0 Å². The highest BCUT2D eigenvalue weighted by Gasteiger charge is 2.32. The molecule has 0 aliphatic carbocycles. The Kier molecular flexibility index (Phi) is 9.42. The molecule has 4 rings (SSSR count). The maximum absolute atomic E-state index is 13.8. The van der Waals surface area contributed by atoms with Crippen molar-refractivity contribution in [1.82, 2.24) is 10.6 Å². The van der Waals surface area contributed by atoms with Gasteiger partial charge in [-0.25, -0.2) is 4.79 Å². The smallest absolute Gasteiger partial charge is 0.319 e. The second kappa shape index (κ2) is 13.0. The maximum Gasteiger partial charge on any atom is 0.319 e. The van der Waals surface area contributed by atoms with Crippen LogP contribution in [0.3, 0.4) is 0 Å². The lowest BCUT2D eigenvalue weighted by molar-refractivity contribution is -0.128. The molecular formula is C32H39N5O4. The van der Waals surface area contributed by atoms with Gasteiger partial charge in [-0.05, 0) is 62.4 Å². The summed E-state index contributed by atoms with van der Waals surface area (Å²) in [6, 6.07) is 22.1. The van der Waals surface area contributed by atoms with E-state index < -0.39 is 23.7 Å². The number of nitrogens with two attached hydrogens (primary N) is 1. The van der Waals surface area contributed by atoms with Crippen molar-refractivity contribution in [3.05, 3.63) is 83.9 Å². The van der Waals surface area contributed by atoms with Crippen molar-refractivity contribution in [2.75, 3.05) is 16.8 Å². The van der Waals surface area contributed by atoms with Gasteiger partial charge in [-0.3, -0.25) is 9.59 Å². The second-order valence-corrected chi connectivity index (χ2v) is 11.3. The van der Waals surface area contributed by atoms with Crippen LogP contribution in [0.4, 0.5) is 16.2 Å². The van der Waals surface area contributed by atoms with Crippen molar-refractivity contribution < 1.29 is 19.5 Å². The van der Waals surface area contributed by atoms with Crippen LogP contribution in [0.5, 0.6) is 0 Å². The summed E-state index contributed by atoms with van der Waals surface area (Å²) in [7, 11) is 0. The monoisotopic (exact) mass is 557 g/mol. The molecule has 6 N–H and O–H groups in total. The number of hydrogen-bond acceptors (Lipinski definition) is 5. The fourth-order valence-corrected chi connectivity index (χ4v) is 4.89. The summed E-state index contributed by atoms with van der Waals surface area (Å²) in [5, 5.41) is 17.8. The van der Waals surface area contributed by atoms with E-state index >= 15 is 0 Å². The van der Waals surface area contributed by atoms with Crippen LogP contribution in [0.25, 0.3) is 11.1 Å². The number of anilines is 2. The van der Waals surface area contributed by atoms with E-state index in [1.165, 1.54) is 0 Å². The van der Waals surface area contributed by atoms with Crippen molar-refractivity contribution in [2.45, 2.75) is 64.3 Å². The van der Waals surface area contributed by atoms with Gasteiger partial charge in [0.05, 0.1) is 18.3 Å². The minimum absolute atomic E-state index is 0.129. The van der Waals surface area contributed by atoms with Crippen LogP contribution in [0, 0.1) is 0 Å². The Hall–Kier alpha value is -4.21. The fraction of sp³-hybridized carbons (Fsp3) is 0.344. The summed E-state index contributed by atoms with van der Waals surface area (Å²) in [4.78, 5) is 40.5. The van der Waals surface area contributed by atoms with Crippen molar-refractivity contribution in [1.29, 1.82) is 0 Å².